The largest absolute Gasteiger partial charge is 0.322 e. The van der Waals surface area contributed by atoms with Crippen LogP contribution in [0.5, 0.6) is 0 Å². The van der Waals surface area contributed by atoms with Gasteiger partial charge in [0.1, 0.15) is 0 Å². The molecule has 0 atom stereocenters. The fourth-order valence-corrected chi connectivity index (χ4v) is 3.31. The summed E-state index contributed by atoms with van der Waals surface area (Å²) in [5.74, 6) is -0.258. The van der Waals surface area contributed by atoms with Gasteiger partial charge in [-0.3, -0.25) is 4.79 Å². The van der Waals surface area contributed by atoms with Crippen LogP contribution < -0.4 is 10.6 Å². The highest BCUT2D eigenvalue weighted by atomic mass is 32.2. The van der Waals surface area contributed by atoms with Crippen LogP contribution in [0, 0.1) is 0 Å². The van der Waals surface area contributed by atoms with Gasteiger partial charge in [0.25, 0.3) is 5.91 Å². The van der Waals surface area contributed by atoms with Crippen LogP contribution in [0.4, 0.5) is 5.69 Å². The highest BCUT2D eigenvalue weighted by Crippen LogP contribution is 2.19. The number of carbonyl (C=O) groups excluding carboxylic acids is 1. The van der Waals surface area contributed by atoms with E-state index in [1.54, 1.807) is 18.2 Å². The summed E-state index contributed by atoms with van der Waals surface area (Å²) >= 11 is 0. The Bertz CT molecular complexity index is 848. The highest BCUT2D eigenvalue weighted by molar-refractivity contribution is 7.89. The lowest BCUT2D eigenvalue weighted by Crippen LogP contribution is -2.22. The van der Waals surface area contributed by atoms with Gasteiger partial charge in [-0.2, -0.15) is 0 Å². The Kier molecular flexibility index (Phi) is 6.30. The number of carbonyl (C=O) groups is 1. The van der Waals surface area contributed by atoms with Gasteiger partial charge in [-0.15, -0.1) is 0 Å². The van der Waals surface area contributed by atoms with Crippen LogP contribution in [0.15, 0.2) is 53.4 Å². The number of hydrogen-bond donors (Lipinski definition) is 2. The molecule has 0 aromatic heterocycles. The molecule has 2 N–H and O–H groups in total. The average Bonchev–Trinajstić information content (AvgIpc) is 2.60. The number of amides is 1. The van der Waals surface area contributed by atoms with Gasteiger partial charge in [0.15, 0.2) is 0 Å². The minimum Gasteiger partial charge on any atom is -0.322 e. The lowest BCUT2D eigenvalue weighted by atomic mass is 10.0. The summed E-state index contributed by atoms with van der Waals surface area (Å²) < 4.78 is 25.6. The van der Waals surface area contributed by atoms with Crippen molar-refractivity contribution in [1.82, 2.24) is 9.62 Å². The van der Waals surface area contributed by atoms with Crippen LogP contribution in [-0.4, -0.2) is 46.3 Å². The lowest BCUT2D eigenvalue weighted by Gasteiger charge is -2.13. The molecule has 0 aliphatic rings. The smallest absolute Gasteiger partial charge is 0.255 e. The molecule has 0 saturated carbocycles. The molecule has 25 heavy (non-hydrogen) atoms. The van der Waals surface area contributed by atoms with E-state index in [0.717, 1.165) is 22.8 Å². The number of anilines is 1. The third kappa shape index (κ3) is 4.66. The maximum atomic E-state index is 12.6. The Balaban J connectivity index is 2.25. The second kappa shape index (κ2) is 8.24. The zero-order valence-electron chi connectivity index (χ0n) is 14.6. The van der Waals surface area contributed by atoms with Crippen LogP contribution in [0.25, 0.3) is 0 Å². The van der Waals surface area contributed by atoms with E-state index in [4.69, 9.17) is 0 Å². The van der Waals surface area contributed by atoms with Crippen molar-refractivity contribution in [2.24, 2.45) is 0 Å². The zero-order valence-corrected chi connectivity index (χ0v) is 15.4. The molecule has 7 heteroatoms. The van der Waals surface area contributed by atoms with E-state index in [1.807, 2.05) is 25.2 Å². The first-order chi connectivity index (χ1) is 11.9. The fourth-order valence-electron chi connectivity index (χ4n) is 2.36. The number of benzene rings is 2. The Hall–Kier alpha value is -2.22. The second-order valence-electron chi connectivity index (χ2n) is 5.78. The van der Waals surface area contributed by atoms with Crippen molar-refractivity contribution in [3.05, 3.63) is 59.7 Å². The van der Waals surface area contributed by atoms with E-state index in [0.29, 0.717) is 11.3 Å². The average molecular weight is 361 g/mol. The Labute approximate surface area is 148 Å². The molecule has 0 unspecified atom stereocenters. The fraction of sp³-hybridized carbons (Fsp3) is 0.278. The summed E-state index contributed by atoms with van der Waals surface area (Å²) in [5, 5.41) is 5.85. The van der Waals surface area contributed by atoms with Gasteiger partial charge in [-0.25, -0.2) is 12.7 Å². The van der Waals surface area contributed by atoms with E-state index >= 15 is 0 Å². The monoisotopic (exact) mass is 361 g/mol. The van der Waals surface area contributed by atoms with Crippen molar-refractivity contribution in [3.63, 3.8) is 0 Å². The van der Waals surface area contributed by atoms with Crippen molar-refractivity contribution in [1.29, 1.82) is 0 Å². The topological polar surface area (TPSA) is 78.5 Å². The minimum atomic E-state index is -3.55. The first kappa shape index (κ1) is 19.1. The predicted molar refractivity (Wildman–Crippen MR) is 99.3 cm³/mol. The number of rotatable bonds is 7. The molecule has 0 aliphatic heterocycles. The molecule has 2 aromatic rings. The predicted octanol–water partition coefficient (Wildman–Crippen LogP) is 1.95. The van der Waals surface area contributed by atoms with Crippen molar-refractivity contribution in [2.75, 3.05) is 33.0 Å². The first-order valence-electron chi connectivity index (χ1n) is 7.92. The van der Waals surface area contributed by atoms with Gasteiger partial charge >= 0.3 is 0 Å². The summed E-state index contributed by atoms with van der Waals surface area (Å²) in [6, 6.07) is 13.6. The Morgan fingerprint density at radius 3 is 2.48 bits per heavy atom. The minimum absolute atomic E-state index is 0.138. The lowest BCUT2D eigenvalue weighted by molar-refractivity contribution is 0.102. The molecule has 0 fully saturated rings. The van der Waals surface area contributed by atoms with Crippen molar-refractivity contribution in [3.8, 4) is 0 Å². The molecule has 0 heterocycles. The van der Waals surface area contributed by atoms with E-state index in [9.17, 15) is 13.2 Å². The zero-order chi connectivity index (χ0) is 18.4. The number of nitrogens with zero attached hydrogens (tertiary/aromatic N) is 1. The van der Waals surface area contributed by atoms with Crippen molar-refractivity contribution < 1.29 is 13.2 Å². The molecule has 2 rings (SSSR count). The van der Waals surface area contributed by atoms with E-state index in [-0.39, 0.29) is 10.8 Å². The van der Waals surface area contributed by atoms with Gasteiger partial charge in [0, 0.05) is 25.3 Å². The summed E-state index contributed by atoms with van der Waals surface area (Å²) in [7, 11) is 1.26. The second-order valence-corrected chi connectivity index (χ2v) is 7.93. The highest BCUT2D eigenvalue weighted by Gasteiger charge is 2.18. The molecular formula is C18H23N3O3S. The maximum absolute atomic E-state index is 12.6. The van der Waals surface area contributed by atoms with Crippen LogP contribution in [0.3, 0.4) is 0 Å². The first-order valence-corrected chi connectivity index (χ1v) is 9.36. The van der Waals surface area contributed by atoms with Gasteiger partial charge in [0.05, 0.1) is 4.90 Å². The number of nitrogens with one attached hydrogen (secondary N) is 2. The standard InChI is InChI=1S/C18H23N3O3S/c1-19-12-11-14-7-4-5-10-17(14)18(22)20-15-8-6-9-16(13-15)25(23,24)21(2)3/h4-10,13,19H,11-12H2,1-3H3,(H,20,22). The molecule has 6 nitrogen and oxygen atoms in total. The summed E-state index contributed by atoms with van der Waals surface area (Å²) in [6.45, 7) is 0.765. The quantitative estimate of drug-likeness (QED) is 0.790. The molecule has 0 bridgehead atoms. The summed E-state index contributed by atoms with van der Waals surface area (Å²) in [6.07, 6.45) is 0.731. The molecule has 0 saturated heterocycles. The number of likely N-dealkylation sites (N-methyl/N-ethyl adjacent to an activating group) is 1. The number of sulfonamides is 1. The Morgan fingerprint density at radius 1 is 1.08 bits per heavy atom. The Morgan fingerprint density at radius 2 is 1.80 bits per heavy atom. The van der Waals surface area contributed by atoms with E-state index < -0.39 is 10.0 Å². The van der Waals surface area contributed by atoms with Gasteiger partial charge < -0.3 is 10.6 Å². The van der Waals surface area contributed by atoms with Gasteiger partial charge in [-0.1, -0.05) is 24.3 Å². The van der Waals surface area contributed by atoms with Crippen molar-refractivity contribution in [2.45, 2.75) is 11.3 Å². The molecule has 134 valence electrons. The summed E-state index contributed by atoms with van der Waals surface area (Å²) in [4.78, 5) is 12.7. The number of hydrogen-bond acceptors (Lipinski definition) is 4. The van der Waals surface area contributed by atoms with Gasteiger partial charge in [0.2, 0.25) is 10.0 Å². The van der Waals surface area contributed by atoms with Crippen LogP contribution in [-0.2, 0) is 16.4 Å². The third-order valence-electron chi connectivity index (χ3n) is 3.78. The van der Waals surface area contributed by atoms with Crippen LogP contribution in [0.2, 0.25) is 0 Å². The maximum Gasteiger partial charge on any atom is 0.255 e. The molecule has 0 spiro atoms. The molecule has 0 radical (unpaired) electrons. The third-order valence-corrected chi connectivity index (χ3v) is 5.59. The van der Waals surface area contributed by atoms with Crippen LogP contribution >= 0.6 is 0 Å². The van der Waals surface area contributed by atoms with E-state index in [2.05, 4.69) is 10.6 Å². The van der Waals surface area contributed by atoms with E-state index in [1.165, 1.54) is 26.2 Å². The van der Waals surface area contributed by atoms with Gasteiger partial charge in [-0.05, 0) is 49.8 Å². The van der Waals surface area contributed by atoms with Crippen molar-refractivity contribution >= 4 is 21.6 Å². The van der Waals surface area contributed by atoms with Crippen LogP contribution in [0.1, 0.15) is 15.9 Å². The SMILES string of the molecule is CNCCc1ccccc1C(=O)Nc1cccc(S(=O)(=O)N(C)C)c1. The summed E-state index contributed by atoms with van der Waals surface area (Å²) in [5.41, 5.74) is 1.96. The molecule has 2 aromatic carbocycles. The molecular weight excluding hydrogens is 338 g/mol. The molecule has 0 aliphatic carbocycles. The normalized spacial score (nSPS) is 11.5. The molecule has 1 amide bonds.